The van der Waals surface area contributed by atoms with E-state index in [1.807, 2.05) is 37.3 Å². The molecule has 0 saturated carbocycles. The molecule has 29 heavy (non-hydrogen) atoms. The molecule has 0 atom stereocenters. The number of rotatable bonds is 7. The summed E-state index contributed by atoms with van der Waals surface area (Å²) >= 11 is 0. The van der Waals surface area contributed by atoms with Gasteiger partial charge in [-0.1, -0.05) is 12.1 Å². The Hall–Kier alpha value is -3.06. The normalized spacial score (nSPS) is 13.7. The largest absolute Gasteiger partial charge is 0.494 e. The molecule has 2 amide bonds. The number of nitrogens with zero attached hydrogens (tertiary/aromatic N) is 1. The average molecular weight is 397 g/mol. The van der Waals surface area contributed by atoms with Crippen molar-refractivity contribution >= 4 is 23.2 Å². The molecule has 0 spiro atoms. The van der Waals surface area contributed by atoms with Gasteiger partial charge >= 0.3 is 0 Å². The van der Waals surface area contributed by atoms with Gasteiger partial charge in [-0.05, 0) is 42.8 Å². The molecular weight excluding hydrogens is 370 g/mol. The monoisotopic (exact) mass is 397 g/mol. The number of ether oxygens (including phenoxy) is 2. The Morgan fingerprint density at radius 2 is 1.93 bits per heavy atom. The number of amides is 2. The quantitative estimate of drug-likeness (QED) is 0.751. The lowest BCUT2D eigenvalue weighted by Gasteiger charge is -2.30. The molecule has 1 aliphatic rings. The summed E-state index contributed by atoms with van der Waals surface area (Å²) < 4.78 is 10.9. The number of hydrogen-bond donors (Lipinski definition) is 2. The summed E-state index contributed by atoms with van der Waals surface area (Å²) in [6.45, 7) is 7.00. The summed E-state index contributed by atoms with van der Waals surface area (Å²) in [7, 11) is 0. The van der Waals surface area contributed by atoms with Crippen LogP contribution in [0.4, 0.5) is 11.4 Å². The molecule has 1 fully saturated rings. The molecule has 1 heterocycles. The fraction of sp³-hybridized carbons (Fsp3) is 0.364. The van der Waals surface area contributed by atoms with Gasteiger partial charge in [-0.15, -0.1) is 0 Å². The highest BCUT2D eigenvalue weighted by Crippen LogP contribution is 2.26. The summed E-state index contributed by atoms with van der Waals surface area (Å²) in [5, 5.41) is 5.77. The van der Waals surface area contributed by atoms with Gasteiger partial charge in [0.1, 0.15) is 5.75 Å². The first kappa shape index (κ1) is 20.7. The predicted molar refractivity (Wildman–Crippen MR) is 113 cm³/mol. The number of nitrogens with one attached hydrogen (secondary N) is 2. The Kier molecular flexibility index (Phi) is 7.08. The number of carbonyl (C=O) groups excluding carboxylic acids is 2. The van der Waals surface area contributed by atoms with Gasteiger partial charge in [0.25, 0.3) is 5.91 Å². The first-order valence-electron chi connectivity index (χ1n) is 9.81. The van der Waals surface area contributed by atoms with E-state index in [4.69, 9.17) is 9.47 Å². The van der Waals surface area contributed by atoms with E-state index in [9.17, 15) is 9.59 Å². The number of morpholine rings is 1. The molecule has 1 aliphatic heterocycles. The van der Waals surface area contributed by atoms with Crippen LogP contribution in [-0.2, 0) is 16.1 Å². The molecule has 0 aliphatic carbocycles. The van der Waals surface area contributed by atoms with E-state index in [0.717, 1.165) is 17.0 Å². The van der Waals surface area contributed by atoms with E-state index in [1.165, 1.54) is 6.92 Å². The lowest BCUT2D eigenvalue weighted by molar-refractivity contribution is -0.114. The van der Waals surface area contributed by atoms with Crippen LogP contribution in [0.3, 0.4) is 0 Å². The summed E-state index contributed by atoms with van der Waals surface area (Å²) in [4.78, 5) is 26.5. The molecule has 2 aromatic carbocycles. The topological polar surface area (TPSA) is 79.9 Å². The van der Waals surface area contributed by atoms with Crippen LogP contribution < -0.4 is 20.3 Å². The van der Waals surface area contributed by atoms with Gasteiger partial charge in [-0.2, -0.15) is 0 Å². The highest BCUT2D eigenvalue weighted by Gasteiger charge is 2.19. The smallest absolute Gasteiger partial charge is 0.253 e. The van der Waals surface area contributed by atoms with Crippen LogP contribution in [-0.4, -0.2) is 44.7 Å². The molecule has 2 N–H and O–H groups in total. The van der Waals surface area contributed by atoms with Gasteiger partial charge in [0.05, 0.1) is 31.1 Å². The van der Waals surface area contributed by atoms with Gasteiger partial charge < -0.3 is 25.0 Å². The Morgan fingerprint density at radius 1 is 1.14 bits per heavy atom. The molecule has 3 rings (SSSR count). The zero-order valence-corrected chi connectivity index (χ0v) is 16.9. The van der Waals surface area contributed by atoms with Crippen molar-refractivity contribution in [2.24, 2.45) is 0 Å². The molecule has 0 unspecified atom stereocenters. The highest BCUT2D eigenvalue weighted by molar-refractivity contribution is 6.01. The molecule has 0 radical (unpaired) electrons. The van der Waals surface area contributed by atoms with E-state index in [1.54, 1.807) is 12.1 Å². The first-order valence-corrected chi connectivity index (χ1v) is 9.81. The van der Waals surface area contributed by atoms with Gasteiger partial charge in [0, 0.05) is 32.2 Å². The second-order valence-electron chi connectivity index (χ2n) is 6.78. The molecule has 154 valence electrons. The van der Waals surface area contributed by atoms with Crippen molar-refractivity contribution in [2.75, 3.05) is 43.1 Å². The Labute approximate surface area is 171 Å². The fourth-order valence-corrected chi connectivity index (χ4v) is 3.26. The van der Waals surface area contributed by atoms with Gasteiger partial charge in [0.15, 0.2) is 0 Å². The van der Waals surface area contributed by atoms with Gasteiger partial charge in [0.2, 0.25) is 5.91 Å². The number of carbonyl (C=O) groups is 2. The van der Waals surface area contributed by atoms with Crippen molar-refractivity contribution in [3.63, 3.8) is 0 Å². The average Bonchev–Trinajstić information content (AvgIpc) is 2.73. The lowest BCUT2D eigenvalue weighted by Crippen LogP contribution is -2.38. The van der Waals surface area contributed by atoms with E-state index in [2.05, 4.69) is 15.5 Å². The summed E-state index contributed by atoms with van der Waals surface area (Å²) in [5.74, 6) is 0.472. The summed E-state index contributed by atoms with van der Waals surface area (Å²) in [5.41, 5.74) is 2.99. The van der Waals surface area contributed by atoms with Crippen molar-refractivity contribution in [3.05, 3.63) is 53.6 Å². The second-order valence-corrected chi connectivity index (χ2v) is 6.78. The third-order valence-electron chi connectivity index (χ3n) is 4.58. The van der Waals surface area contributed by atoms with E-state index >= 15 is 0 Å². The maximum absolute atomic E-state index is 12.9. The Morgan fingerprint density at radius 3 is 2.66 bits per heavy atom. The number of anilines is 2. The Balaban J connectivity index is 1.77. The SMILES string of the molecule is CCOc1cccc(CNC(=O)c2ccc(NC(C)=O)cc2N2CCOCC2)c1. The third kappa shape index (κ3) is 5.71. The third-order valence-corrected chi connectivity index (χ3v) is 4.58. The minimum atomic E-state index is -0.164. The lowest BCUT2D eigenvalue weighted by atomic mass is 10.1. The minimum absolute atomic E-state index is 0.149. The van der Waals surface area contributed by atoms with Crippen LogP contribution >= 0.6 is 0 Å². The van der Waals surface area contributed by atoms with Crippen molar-refractivity contribution in [1.29, 1.82) is 0 Å². The molecule has 1 saturated heterocycles. The standard InChI is InChI=1S/C22H27N3O4/c1-3-29-19-6-4-5-17(13-19)15-23-22(27)20-8-7-18(24-16(2)26)14-21(20)25-9-11-28-12-10-25/h4-8,13-14H,3,9-12,15H2,1-2H3,(H,23,27)(H,24,26). The highest BCUT2D eigenvalue weighted by atomic mass is 16.5. The Bertz CT molecular complexity index is 863. The molecule has 2 aromatic rings. The van der Waals surface area contributed by atoms with Crippen LogP contribution in [0.1, 0.15) is 29.8 Å². The maximum atomic E-state index is 12.9. The van der Waals surface area contributed by atoms with E-state index in [0.29, 0.717) is 50.7 Å². The van der Waals surface area contributed by atoms with E-state index in [-0.39, 0.29) is 11.8 Å². The second kappa shape index (κ2) is 9.93. The molecule has 0 bridgehead atoms. The van der Waals surface area contributed by atoms with Crippen molar-refractivity contribution in [3.8, 4) is 5.75 Å². The van der Waals surface area contributed by atoms with Crippen LogP contribution in [0, 0.1) is 0 Å². The van der Waals surface area contributed by atoms with Crippen LogP contribution in [0.15, 0.2) is 42.5 Å². The summed E-state index contributed by atoms with van der Waals surface area (Å²) in [6.07, 6.45) is 0. The molecule has 0 aromatic heterocycles. The predicted octanol–water partition coefficient (Wildman–Crippen LogP) is 2.81. The molecule has 7 nitrogen and oxygen atoms in total. The first-order chi connectivity index (χ1) is 14.1. The molecular formula is C22H27N3O4. The molecule has 7 heteroatoms. The number of hydrogen-bond acceptors (Lipinski definition) is 5. The zero-order valence-electron chi connectivity index (χ0n) is 16.9. The van der Waals surface area contributed by atoms with Gasteiger partial charge in [-0.3, -0.25) is 9.59 Å². The van der Waals surface area contributed by atoms with Crippen molar-refractivity contribution in [2.45, 2.75) is 20.4 Å². The van der Waals surface area contributed by atoms with Crippen LogP contribution in [0.25, 0.3) is 0 Å². The maximum Gasteiger partial charge on any atom is 0.253 e. The van der Waals surface area contributed by atoms with Gasteiger partial charge in [-0.25, -0.2) is 0 Å². The van der Waals surface area contributed by atoms with Crippen LogP contribution in [0.2, 0.25) is 0 Å². The van der Waals surface area contributed by atoms with Crippen molar-refractivity contribution < 1.29 is 19.1 Å². The zero-order chi connectivity index (χ0) is 20.6. The van der Waals surface area contributed by atoms with Crippen molar-refractivity contribution in [1.82, 2.24) is 5.32 Å². The number of benzene rings is 2. The fourth-order valence-electron chi connectivity index (χ4n) is 3.26. The summed E-state index contributed by atoms with van der Waals surface area (Å²) in [6, 6.07) is 13.0. The minimum Gasteiger partial charge on any atom is -0.494 e. The van der Waals surface area contributed by atoms with Crippen LogP contribution in [0.5, 0.6) is 5.75 Å². The van der Waals surface area contributed by atoms with E-state index < -0.39 is 0 Å².